The van der Waals surface area contributed by atoms with Crippen LogP contribution in [-0.4, -0.2) is 24.1 Å². The summed E-state index contributed by atoms with van der Waals surface area (Å²) in [6, 6.07) is 13.0. The largest absolute Gasteiger partial charge is 0.486 e. The number of aromatic amines is 1. The van der Waals surface area contributed by atoms with Crippen molar-refractivity contribution in [2.75, 3.05) is 18.5 Å². The van der Waals surface area contributed by atoms with E-state index in [1.807, 2.05) is 24.4 Å². The first kappa shape index (κ1) is 12.8. The minimum atomic E-state index is -0.162. The number of ether oxygens (including phenoxy) is 2. The lowest BCUT2D eigenvalue weighted by molar-refractivity contribution is 0.102. The molecule has 1 aliphatic rings. The van der Waals surface area contributed by atoms with E-state index in [0.717, 1.165) is 10.9 Å². The molecular formula is C17H14N2O3. The Hall–Kier alpha value is -2.95. The third kappa shape index (κ3) is 2.16. The maximum absolute atomic E-state index is 12.5. The summed E-state index contributed by atoms with van der Waals surface area (Å²) >= 11 is 0. The summed E-state index contributed by atoms with van der Waals surface area (Å²) in [6.07, 6.45) is 1.82. The number of fused-ring (bicyclic) bond motifs is 2. The Kier molecular flexibility index (Phi) is 2.96. The lowest BCUT2D eigenvalue weighted by atomic mass is 10.1. The number of aromatic nitrogens is 1. The maximum Gasteiger partial charge on any atom is 0.257 e. The van der Waals surface area contributed by atoms with E-state index >= 15 is 0 Å². The lowest BCUT2D eigenvalue weighted by Gasteiger charge is -2.19. The third-order valence-corrected chi connectivity index (χ3v) is 3.63. The van der Waals surface area contributed by atoms with Gasteiger partial charge in [0.15, 0.2) is 11.5 Å². The molecule has 4 rings (SSSR count). The number of hydrogen-bond donors (Lipinski definition) is 2. The molecule has 0 aliphatic carbocycles. The standard InChI is InChI=1S/C17H14N2O3/c20-17(13-3-1-2-11-6-7-18-16(11)13)19-12-4-5-14-15(10-12)22-9-8-21-14/h1-7,10,18H,8-9H2,(H,19,20). The van der Waals surface area contributed by atoms with Gasteiger partial charge < -0.3 is 19.8 Å². The molecule has 22 heavy (non-hydrogen) atoms. The number of H-pyrrole nitrogens is 1. The molecule has 110 valence electrons. The fourth-order valence-corrected chi connectivity index (χ4v) is 2.59. The van der Waals surface area contributed by atoms with Crippen molar-refractivity contribution in [2.45, 2.75) is 0 Å². The summed E-state index contributed by atoms with van der Waals surface area (Å²) in [5.41, 5.74) is 2.12. The van der Waals surface area contributed by atoms with Crippen LogP contribution in [0.3, 0.4) is 0 Å². The van der Waals surface area contributed by atoms with Crippen LogP contribution in [0.15, 0.2) is 48.7 Å². The van der Waals surface area contributed by atoms with Gasteiger partial charge in [-0.3, -0.25) is 4.79 Å². The highest BCUT2D eigenvalue weighted by Gasteiger charge is 2.14. The Morgan fingerprint density at radius 2 is 1.91 bits per heavy atom. The van der Waals surface area contributed by atoms with Crippen LogP contribution in [0.5, 0.6) is 11.5 Å². The molecule has 2 heterocycles. The number of para-hydroxylation sites is 1. The SMILES string of the molecule is O=C(Nc1ccc2c(c1)OCCO2)c1cccc2cc[nH]c12. The average Bonchev–Trinajstić information content (AvgIpc) is 3.03. The van der Waals surface area contributed by atoms with E-state index in [1.54, 1.807) is 24.3 Å². The maximum atomic E-state index is 12.5. The number of carbonyl (C=O) groups excluding carboxylic acids is 1. The number of carbonyl (C=O) groups is 1. The normalized spacial score (nSPS) is 13.1. The zero-order valence-electron chi connectivity index (χ0n) is 11.8. The van der Waals surface area contributed by atoms with Crippen molar-refractivity contribution in [3.8, 4) is 11.5 Å². The van der Waals surface area contributed by atoms with Crippen LogP contribution < -0.4 is 14.8 Å². The predicted octanol–water partition coefficient (Wildman–Crippen LogP) is 3.19. The van der Waals surface area contributed by atoms with E-state index < -0.39 is 0 Å². The fraction of sp³-hybridized carbons (Fsp3) is 0.118. The second-order valence-corrected chi connectivity index (χ2v) is 5.06. The van der Waals surface area contributed by atoms with Gasteiger partial charge in [-0.05, 0) is 24.3 Å². The van der Waals surface area contributed by atoms with Gasteiger partial charge in [0.25, 0.3) is 5.91 Å². The molecule has 5 nitrogen and oxygen atoms in total. The number of nitrogens with one attached hydrogen (secondary N) is 2. The number of hydrogen-bond acceptors (Lipinski definition) is 3. The summed E-state index contributed by atoms with van der Waals surface area (Å²) in [5, 5.41) is 3.90. The first-order valence-corrected chi connectivity index (χ1v) is 7.08. The molecule has 2 aromatic carbocycles. The van der Waals surface area contributed by atoms with Crippen molar-refractivity contribution >= 4 is 22.5 Å². The smallest absolute Gasteiger partial charge is 0.257 e. The van der Waals surface area contributed by atoms with Crippen molar-refractivity contribution < 1.29 is 14.3 Å². The van der Waals surface area contributed by atoms with Crippen molar-refractivity contribution in [2.24, 2.45) is 0 Å². The van der Waals surface area contributed by atoms with Crippen LogP contribution in [0.2, 0.25) is 0 Å². The van der Waals surface area contributed by atoms with Gasteiger partial charge in [0.05, 0.1) is 11.1 Å². The highest BCUT2D eigenvalue weighted by atomic mass is 16.6. The van der Waals surface area contributed by atoms with Crippen LogP contribution in [0.1, 0.15) is 10.4 Å². The van der Waals surface area contributed by atoms with Gasteiger partial charge in [-0.1, -0.05) is 12.1 Å². The predicted molar refractivity (Wildman–Crippen MR) is 83.7 cm³/mol. The van der Waals surface area contributed by atoms with Gasteiger partial charge in [0.2, 0.25) is 0 Å². The Morgan fingerprint density at radius 3 is 2.82 bits per heavy atom. The quantitative estimate of drug-likeness (QED) is 0.763. The molecule has 0 unspecified atom stereocenters. The van der Waals surface area contributed by atoms with Crippen LogP contribution in [0.4, 0.5) is 5.69 Å². The average molecular weight is 294 g/mol. The van der Waals surface area contributed by atoms with Crippen LogP contribution in [0.25, 0.3) is 10.9 Å². The minimum Gasteiger partial charge on any atom is -0.486 e. The molecule has 2 N–H and O–H groups in total. The van der Waals surface area contributed by atoms with E-state index in [-0.39, 0.29) is 5.91 Å². The Labute approximate surface area is 126 Å². The van der Waals surface area contributed by atoms with E-state index in [0.29, 0.717) is 36.0 Å². The van der Waals surface area contributed by atoms with Gasteiger partial charge >= 0.3 is 0 Å². The number of amides is 1. The highest BCUT2D eigenvalue weighted by molar-refractivity contribution is 6.12. The molecule has 0 spiro atoms. The van der Waals surface area contributed by atoms with E-state index in [9.17, 15) is 4.79 Å². The van der Waals surface area contributed by atoms with E-state index in [1.165, 1.54) is 0 Å². The first-order chi connectivity index (χ1) is 10.8. The Balaban J connectivity index is 1.63. The summed E-state index contributed by atoms with van der Waals surface area (Å²) < 4.78 is 11.0. The molecule has 5 heteroatoms. The number of benzene rings is 2. The monoisotopic (exact) mass is 294 g/mol. The van der Waals surface area contributed by atoms with Crippen LogP contribution >= 0.6 is 0 Å². The minimum absolute atomic E-state index is 0.162. The summed E-state index contributed by atoms with van der Waals surface area (Å²) in [5.74, 6) is 1.20. The second-order valence-electron chi connectivity index (χ2n) is 5.06. The molecule has 1 aromatic heterocycles. The highest BCUT2D eigenvalue weighted by Crippen LogP contribution is 2.32. The molecule has 0 saturated heterocycles. The molecular weight excluding hydrogens is 280 g/mol. The first-order valence-electron chi connectivity index (χ1n) is 7.08. The Morgan fingerprint density at radius 1 is 1.05 bits per heavy atom. The molecule has 0 radical (unpaired) electrons. The van der Waals surface area contributed by atoms with Gasteiger partial charge in [0, 0.05) is 23.3 Å². The summed E-state index contributed by atoms with van der Waals surface area (Å²) in [6.45, 7) is 1.07. The molecule has 1 aliphatic heterocycles. The van der Waals surface area contributed by atoms with Gasteiger partial charge in [-0.15, -0.1) is 0 Å². The third-order valence-electron chi connectivity index (χ3n) is 3.63. The number of rotatable bonds is 2. The van der Waals surface area contributed by atoms with Gasteiger partial charge in [-0.2, -0.15) is 0 Å². The van der Waals surface area contributed by atoms with Crippen molar-refractivity contribution in [1.29, 1.82) is 0 Å². The van der Waals surface area contributed by atoms with Crippen LogP contribution in [-0.2, 0) is 0 Å². The lowest BCUT2D eigenvalue weighted by Crippen LogP contribution is -2.16. The molecule has 0 bridgehead atoms. The topological polar surface area (TPSA) is 63.4 Å². The van der Waals surface area contributed by atoms with Crippen molar-refractivity contribution in [3.05, 3.63) is 54.2 Å². The fourth-order valence-electron chi connectivity index (χ4n) is 2.59. The van der Waals surface area contributed by atoms with E-state index in [2.05, 4.69) is 10.3 Å². The zero-order valence-corrected chi connectivity index (χ0v) is 11.8. The molecule has 0 fully saturated rings. The molecule has 3 aromatic rings. The van der Waals surface area contributed by atoms with E-state index in [4.69, 9.17) is 9.47 Å². The van der Waals surface area contributed by atoms with Crippen molar-refractivity contribution in [1.82, 2.24) is 4.98 Å². The number of anilines is 1. The van der Waals surface area contributed by atoms with Gasteiger partial charge in [0.1, 0.15) is 13.2 Å². The molecule has 0 atom stereocenters. The Bertz CT molecular complexity index is 854. The summed E-state index contributed by atoms with van der Waals surface area (Å²) in [7, 11) is 0. The molecule has 0 saturated carbocycles. The van der Waals surface area contributed by atoms with Gasteiger partial charge in [-0.25, -0.2) is 0 Å². The van der Waals surface area contributed by atoms with Crippen molar-refractivity contribution in [3.63, 3.8) is 0 Å². The zero-order chi connectivity index (χ0) is 14.9. The van der Waals surface area contributed by atoms with Crippen LogP contribution in [0, 0.1) is 0 Å². The molecule has 1 amide bonds. The summed E-state index contributed by atoms with van der Waals surface area (Å²) in [4.78, 5) is 15.6. The second kappa shape index (κ2) is 5.11.